The van der Waals surface area contributed by atoms with E-state index >= 15 is 0 Å². The van der Waals surface area contributed by atoms with Crippen molar-refractivity contribution in [2.24, 2.45) is 5.73 Å². The fourth-order valence-electron chi connectivity index (χ4n) is 1.12. The first-order valence-corrected chi connectivity index (χ1v) is 6.53. The summed E-state index contributed by atoms with van der Waals surface area (Å²) in [6, 6.07) is -0.355. The predicted octanol–water partition coefficient (Wildman–Crippen LogP) is 0.985. The quantitative estimate of drug-likeness (QED) is 0.639. The SMILES string of the molecule is C#CCC(CC)NC(=O)[C@H](N)CCSC. The molecule has 0 aromatic carbocycles. The van der Waals surface area contributed by atoms with Gasteiger partial charge in [-0.05, 0) is 24.9 Å². The largest absolute Gasteiger partial charge is 0.351 e. The van der Waals surface area contributed by atoms with Gasteiger partial charge in [0.15, 0.2) is 0 Å². The number of nitrogens with two attached hydrogens (primary N) is 1. The van der Waals surface area contributed by atoms with Gasteiger partial charge in [-0.25, -0.2) is 0 Å². The van der Waals surface area contributed by atoms with Crippen LogP contribution in [-0.4, -0.2) is 30.0 Å². The van der Waals surface area contributed by atoms with Crippen LogP contribution in [0.1, 0.15) is 26.2 Å². The molecular weight excluding hydrogens is 208 g/mol. The molecule has 0 spiro atoms. The summed E-state index contributed by atoms with van der Waals surface area (Å²) in [5, 5.41) is 2.86. The Balaban J connectivity index is 3.93. The highest BCUT2D eigenvalue weighted by Crippen LogP contribution is 2.01. The Morgan fingerprint density at radius 3 is 2.80 bits per heavy atom. The first-order valence-electron chi connectivity index (χ1n) is 5.14. The molecule has 4 heteroatoms. The zero-order chi connectivity index (χ0) is 11.7. The summed E-state index contributed by atoms with van der Waals surface area (Å²) in [7, 11) is 0. The number of carbonyl (C=O) groups is 1. The van der Waals surface area contributed by atoms with Crippen LogP contribution in [0.2, 0.25) is 0 Å². The molecule has 0 aromatic rings. The maximum atomic E-state index is 11.6. The number of hydrogen-bond acceptors (Lipinski definition) is 3. The molecule has 0 aliphatic carbocycles. The number of hydrogen-bond donors (Lipinski definition) is 2. The van der Waals surface area contributed by atoms with Crippen LogP contribution >= 0.6 is 11.8 Å². The van der Waals surface area contributed by atoms with Gasteiger partial charge < -0.3 is 11.1 Å². The van der Waals surface area contributed by atoms with Gasteiger partial charge in [0, 0.05) is 12.5 Å². The van der Waals surface area contributed by atoms with E-state index in [2.05, 4.69) is 11.2 Å². The van der Waals surface area contributed by atoms with Crippen LogP contribution in [-0.2, 0) is 4.79 Å². The maximum Gasteiger partial charge on any atom is 0.237 e. The van der Waals surface area contributed by atoms with Gasteiger partial charge in [0.2, 0.25) is 5.91 Å². The van der Waals surface area contributed by atoms with Crippen molar-refractivity contribution in [3.8, 4) is 12.3 Å². The zero-order valence-electron chi connectivity index (χ0n) is 9.45. The smallest absolute Gasteiger partial charge is 0.237 e. The first-order chi connectivity index (χ1) is 7.15. The Morgan fingerprint density at radius 2 is 2.33 bits per heavy atom. The minimum Gasteiger partial charge on any atom is -0.351 e. The van der Waals surface area contributed by atoms with Crippen LogP contribution < -0.4 is 11.1 Å². The normalized spacial score (nSPS) is 14.0. The Kier molecular flexibility index (Phi) is 8.25. The second-order valence-electron chi connectivity index (χ2n) is 3.41. The molecule has 86 valence electrons. The van der Waals surface area contributed by atoms with E-state index in [4.69, 9.17) is 12.2 Å². The van der Waals surface area contributed by atoms with Crippen molar-refractivity contribution in [2.75, 3.05) is 12.0 Å². The van der Waals surface area contributed by atoms with Crippen molar-refractivity contribution >= 4 is 17.7 Å². The number of amides is 1. The molecule has 0 aromatic heterocycles. The molecule has 0 heterocycles. The molecule has 3 N–H and O–H groups in total. The van der Waals surface area contributed by atoms with E-state index in [1.807, 2.05) is 13.2 Å². The van der Waals surface area contributed by atoms with Gasteiger partial charge >= 0.3 is 0 Å². The second kappa shape index (κ2) is 8.63. The van der Waals surface area contributed by atoms with E-state index in [1.54, 1.807) is 11.8 Å². The highest BCUT2D eigenvalue weighted by molar-refractivity contribution is 7.98. The summed E-state index contributed by atoms with van der Waals surface area (Å²) in [6.07, 6.45) is 9.31. The molecule has 0 aliphatic heterocycles. The van der Waals surface area contributed by atoms with Gasteiger partial charge in [0.05, 0.1) is 6.04 Å². The van der Waals surface area contributed by atoms with E-state index in [0.717, 1.165) is 12.2 Å². The summed E-state index contributed by atoms with van der Waals surface area (Å²) in [5.74, 6) is 3.36. The van der Waals surface area contributed by atoms with Crippen molar-refractivity contribution < 1.29 is 4.79 Å². The average molecular weight is 228 g/mol. The number of nitrogens with one attached hydrogen (secondary N) is 1. The third kappa shape index (κ3) is 6.43. The predicted molar refractivity (Wildman–Crippen MR) is 66.6 cm³/mol. The number of rotatable bonds is 7. The molecule has 0 saturated carbocycles. The first kappa shape index (κ1) is 14.3. The van der Waals surface area contributed by atoms with E-state index < -0.39 is 6.04 Å². The van der Waals surface area contributed by atoms with Gasteiger partial charge in [-0.15, -0.1) is 12.3 Å². The van der Waals surface area contributed by atoms with E-state index in [1.165, 1.54) is 0 Å². The fraction of sp³-hybridized carbons (Fsp3) is 0.727. The minimum absolute atomic E-state index is 0.0582. The van der Waals surface area contributed by atoms with Crippen molar-refractivity contribution in [1.29, 1.82) is 0 Å². The molecule has 15 heavy (non-hydrogen) atoms. The summed E-state index contributed by atoms with van der Waals surface area (Å²) in [5.41, 5.74) is 5.73. The van der Waals surface area contributed by atoms with Gasteiger partial charge in [0.25, 0.3) is 0 Å². The minimum atomic E-state index is -0.413. The Labute approximate surface area is 96.6 Å². The van der Waals surface area contributed by atoms with Crippen LogP contribution in [0.5, 0.6) is 0 Å². The van der Waals surface area contributed by atoms with E-state index in [9.17, 15) is 4.79 Å². The number of carbonyl (C=O) groups excluding carboxylic acids is 1. The standard InChI is InChI=1S/C11H20N2OS/c1-4-6-9(5-2)13-11(14)10(12)7-8-15-3/h1,9-10H,5-8,12H2,2-3H3,(H,13,14)/t9?,10-/m1/s1. The van der Waals surface area contributed by atoms with Crippen LogP contribution in [0.3, 0.4) is 0 Å². The van der Waals surface area contributed by atoms with Gasteiger partial charge in [-0.2, -0.15) is 11.8 Å². The maximum absolute atomic E-state index is 11.6. The molecule has 3 nitrogen and oxygen atoms in total. The zero-order valence-corrected chi connectivity index (χ0v) is 10.3. The molecule has 0 rings (SSSR count). The number of thioether (sulfide) groups is 1. The summed E-state index contributed by atoms with van der Waals surface area (Å²) in [6.45, 7) is 2.00. The summed E-state index contributed by atoms with van der Waals surface area (Å²) >= 11 is 1.69. The molecule has 2 atom stereocenters. The van der Waals surface area contributed by atoms with Crippen LogP contribution in [0.25, 0.3) is 0 Å². The molecule has 1 amide bonds. The molecule has 0 bridgehead atoms. The van der Waals surface area contributed by atoms with Crippen molar-refractivity contribution in [2.45, 2.75) is 38.3 Å². The lowest BCUT2D eigenvalue weighted by molar-refractivity contribution is -0.123. The average Bonchev–Trinajstić information content (AvgIpc) is 2.24. The van der Waals surface area contributed by atoms with Gasteiger partial charge in [0.1, 0.15) is 0 Å². The Morgan fingerprint density at radius 1 is 1.67 bits per heavy atom. The lowest BCUT2D eigenvalue weighted by Crippen LogP contribution is -2.45. The van der Waals surface area contributed by atoms with Crippen LogP contribution in [0.15, 0.2) is 0 Å². The van der Waals surface area contributed by atoms with Gasteiger partial charge in [-0.1, -0.05) is 6.92 Å². The molecule has 0 saturated heterocycles. The van der Waals surface area contributed by atoms with E-state index in [-0.39, 0.29) is 11.9 Å². The monoisotopic (exact) mass is 228 g/mol. The Bertz CT molecular complexity index is 225. The van der Waals surface area contributed by atoms with Crippen molar-refractivity contribution in [3.63, 3.8) is 0 Å². The summed E-state index contributed by atoms with van der Waals surface area (Å²) < 4.78 is 0. The van der Waals surface area contributed by atoms with Crippen molar-refractivity contribution in [1.82, 2.24) is 5.32 Å². The molecular formula is C11H20N2OS. The highest BCUT2D eigenvalue weighted by Gasteiger charge is 2.15. The fourth-order valence-corrected chi connectivity index (χ4v) is 1.61. The number of terminal acetylenes is 1. The topological polar surface area (TPSA) is 55.1 Å². The van der Waals surface area contributed by atoms with Crippen LogP contribution in [0.4, 0.5) is 0 Å². The van der Waals surface area contributed by atoms with E-state index in [0.29, 0.717) is 12.8 Å². The Hall–Kier alpha value is -0.660. The highest BCUT2D eigenvalue weighted by atomic mass is 32.2. The molecule has 1 unspecified atom stereocenters. The van der Waals surface area contributed by atoms with Crippen LogP contribution in [0, 0.1) is 12.3 Å². The molecule has 0 fully saturated rings. The molecule has 0 radical (unpaired) electrons. The lowest BCUT2D eigenvalue weighted by atomic mass is 10.1. The third-order valence-electron chi connectivity index (χ3n) is 2.17. The second-order valence-corrected chi connectivity index (χ2v) is 4.40. The summed E-state index contributed by atoms with van der Waals surface area (Å²) in [4.78, 5) is 11.6. The molecule has 0 aliphatic rings. The lowest BCUT2D eigenvalue weighted by Gasteiger charge is -2.17. The van der Waals surface area contributed by atoms with Crippen molar-refractivity contribution in [3.05, 3.63) is 0 Å². The third-order valence-corrected chi connectivity index (χ3v) is 2.82. The van der Waals surface area contributed by atoms with Gasteiger partial charge in [-0.3, -0.25) is 4.79 Å².